The Kier molecular flexibility index (Phi) is 3.68. The van der Waals surface area contributed by atoms with Crippen molar-refractivity contribution in [2.75, 3.05) is 19.0 Å². The first kappa shape index (κ1) is 7.95. The van der Waals surface area contributed by atoms with Gasteiger partial charge in [-0.15, -0.1) is 11.8 Å². The number of unbranched alkanes of at least 4 members (excludes halogenated alkanes) is 1. The molecule has 0 atom stereocenters. The molecule has 0 aromatic carbocycles. The second kappa shape index (κ2) is 4.63. The molecule has 1 heterocycles. The maximum atomic E-state index is 5.37. The molecule has 0 saturated heterocycles. The minimum Gasteiger partial charge on any atom is -0.367 e. The molecule has 0 fully saturated rings. The maximum Gasteiger partial charge on any atom is 0.0675 e. The molecule has 2 nitrogen and oxygen atoms in total. The molecular weight excluding hydrogens is 144 g/mol. The van der Waals surface area contributed by atoms with E-state index in [0.717, 1.165) is 18.8 Å². The summed E-state index contributed by atoms with van der Waals surface area (Å²) in [5.41, 5.74) is 5.37. The smallest absolute Gasteiger partial charge is 0.0675 e. The molecule has 0 spiro atoms. The molecular formula is C7H14N2S. The van der Waals surface area contributed by atoms with Crippen LogP contribution in [0, 0.1) is 0 Å². The van der Waals surface area contributed by atoms with Crippen molar-refractivity contribution in [1.29, 1.82) is 0 Å². The Hall–Kier alpha value is -0.150. The number of rotatable bonds is 4. The number of hydrogen-bond donors (Lipinski definition) is 1. The summed E-state index contributed by atoms with van der Waals surface area (Å²) < 4.78 is 0. The van der Waals surface area contributed by atoms with Crippen LogP contribution in [0.2, 0.25) is 0 Å². The van der Waals surface area contributed by atoms with E-state index in [-0.39, 0.29) is 0 Å². The molecule has 0 bridgehead atoms. The molecule has 0 amide bonds. The molecule has 2 N–H and O–H groups in total. The predicted octanol–water partition coefficient (Wildman–Crippen LogP) is 1.20. The van der Waals surface area contributed by atoms with Gasteiger partial charge in [0.25, 0.3) is 0 Å². The van der Waals surface area contributed by atoms with E-state index in [0.29, 0.717) is 0 Å². The summed E-state index contributed by atoms with van der Waals surface area (Å²) in [4.78, 5) is 2.32. The van der Waals surface area contributed by atoms with E-state index in [9.17, 15) is 0 Å². The Labute approximate surface area is 66.5 Å². The largest absolute Gasteiger partial charge is 0.367 e. The van der Waals surface area contributed by atoms with Gasteiger partial charge in [-0.3, -0.25) is 0 Å². The van der Waals surface area contributed by atoms with Gasteiger partial charge in [-0.05, 0) is 24.8 Å². The third-order valence-corrected chi connectivity index (χ3v) is 2.30. The van der Waals surface area contributed by atoms with E-state index in [1.54, 1.807) is 0 Å². The lowest BCUT2D eigenvalue weighted by Crippen LogP contribution is -2.15. The van der Waals surface area contributed by atoms with Crippen LogP contribution in [0.3, 0.4) is 0 Å². The van der Waals surface area contributed by atoms with Crippen LogP contribution in [0.4, 0.5) is 0 Å². The van der Waals surface area contributed by atoms with Crippen LogP contribution in [0.5, 0.6) is 0 Å². The van der Waals surface area contributed by atoms with Crippen molar-refractivity contribution in [3.05, 3.63) is 11.6 Å². The van der Waals surface area contributed by atoms with Crippen molar-refractivity contribution in [3.63, 3.8) is 0 Å². The third kappa shape index (κ3) is 2.62. The number of hydrogen-bond acceptors (Lipinski definition) is 3. The Morgan fingerprint density at radius 2 is 2.40 bits per heavy atom. The molecule has 0 saturated carbocycles. The lowest BCUT2D eigenvalue weighted by atomic mass is 10.3. The topological polar surface area (TPSA) is 29.3 Å². The van der Waals surface area contributed by atoms with Crippen molar-refractivity contribution in [2.45, 2.75) is 12.8 Å². The fraction of sp³-hybridized carbons (Fsp3) is 0.714. The third-order valence-electron chi connectivity index (χ3n) is 1.51. The van der Waals surface area contributed by atoms with Crippen LogP contribution >= 0.6 is 11.8 Å². The summed E-state index contributed by atoms with van der Waals surface area (Å²) in [6.45, 7) is 1.99. The van der Waals surface area contributed by atoms with E-state index >= 15 is 0 Å². The molecule has 0 unspecified atom stereocenters. The minimum atomic E-state index is 0.824. The summed E-state index contributed by atoms with van der Waals surface area (Å²) in [6.07, 6.45) is 4.53. The molecule has 58 valence electrons. The fourth-order valence-electron chi connectivity index (χ4n) is 0.909. The number of nitrogens with zero attached hydrogens (tertiary/aromatic N) is 1. The Bertz CT molecular complexity index is 114. The van der Waals surface area contributed by atoms with Crippen LogP contribution in [0.1, 0.15) is 12.8 Å². The summed E-state index contributed by atoms with van der Waals surface area (Å²) in [6, 6.07) is 0. The zero-order chi connectivity index (χ0) is 7.23. The van der Waals surface area contributed by atoms with Gasteiger partial charge in [-0.1, -0.05) is 0 Å². The van der Waals surface area contributed by atoms with Crippen LogP contribution < -0.4 is 5.73 Å². The summed E-state index contributed by atoms with van der Waals surface area (Å²) in [7, 11) is 0. The zero-order valence-electron chi connectivity index (χ0n) is 6.12. The average Bonchev–Trinajstić information content (AvgIpc) is 2.41. The van der Waals surface area contributed by atoms with Gasteiger partial charge in [0.2, 0.25) is 0 Å². The van der Waals surface area contributed by atoms with E-state index in [1.807, 2.05) is 11.8 Å². The molecule has 10 heavy (non-hydrogen) atoms. The lowest BCUT2D eigenvalue weighted by Gasteiger charge is -2.13. The van der Waals surface area contributed by atoms with E-state index in [2.05, 4.69) is 16.5 Å². The first-order valence-corrected chi connectivity index (χ1v) is 4.71. The minimum absolute atomic E-state index is 0.824. The molecule has 1 aliphatic rings. The monoisotopic (exact) mass is 158 g/mol. The normalized spacial score (nSPS) is 16.7. The Morgan fingerprint density at radius 3 is 3.00 bits per heavy atom. The maximum absolute atomic E-state index is 5.37. The molecule has 1 rings (SSSR count). The molecule has 0 aliphatic carbocycles. The van der Waals surface area contributed by atoms with Crippen LogP contribution in [-0.4, -0.2) is 23.9 Å². The molecule has 3 heteroatoms. The van der Waals surface area contributed by atoms with E-state index < -0.39 is 0 Å². The molecule has 0 radical (unpaired) electrons. The second-order valence-electron chi connectivity index (χ2n) is 2.39. The van der Waals surface area contributed by atoms with E-state index in [1.165, 1.54) is 13.0 Å². The number of thioether (sulfide) groups is 1. The highest BCUT2D eigenvalue weighted by molar-refractivity contribution is 8.02. The summed E-state index contributed by atoms with van der Waals surface area (Å²) in [5, 5.41) is 2.14. The van der Waals surface area contributed by atoms with Crippen LogP contribution in [0.25, 0.3) is 0 Å². The SMILES string of the molecule is NCCCCN1C=CSC1. The van der Waals surface area contributed by atoms with Gasteiger partial charge in [0.05, 0.1) is 5.88 Å². The molecule has 0 aromatic rings. The van der Waals surface area contributed by atoms with Crippen molar-refractivity contribution >= 4 is 11.8 Å². The van der Waals surface area contributed by atoms with Gasteiger partial charge in [0.1, 0.15) is 0 Å². The zero-order valence-corrected chi connectivity index (χ0v) is 6.94. The summed E-state index contributed by atoms with van der Waals surface area (Å²) >= 11 is 1.85. The predicted molar refractivity (Wildman–Crippen MR) is 46.6 cm³/mol. The fourth-order valence-corrected chi connectivity index (χ4v) is 1.66. The number of nitrogens with two attached hydrogens (primary N) is 1. The quantitative estimate of drug-likeness (QED) is 0.623. The molecule has 1 aliphatic heterocycles. The van der Waals surface area contributed by atoms with Gasteiger partial charge >= 0.3 is 0 Å². The van der Waals surface area contributed by atoms with Crippen LogP contribution in [0.15, 0.2) is 11.6 Å². The van der Waals surface area contributed by atoms with Crippen LogP contribution in [-0.2, 0) is 0 Å². The standard InChI is InChI=1S/C7H14N2S/c8-3-1-2-4-9-5-6-10-7-9/h5-6H,1-4,7-8H2. The van der Waals surface area contributed by atoms with Crippen molar-refractivity contribution < 1.29 is 0 Å². The van der Waals surface area contributed by atoms with E-state index in [4.69, 9.17) is 5.73 Å². The first-order chi connectivity index (χ1) is 4.93. The van der Waals surface area contributed by atoms with Crippen molar-refractivity contribution in [1.82, 2.24) is 4.90 Å². The highest BCUT2D eigenvalue weighted by Gasteiger charge is 2.02. The van der Waals surface area contributed by atoms with Crippen molar-refractivity contribution in [2.24, 2.45) is 5.73 Å². The average molecular weight is 158 g/mol. The van der Waals surface area contributed by atoms with Gasteiger partial charge in [-0.2, -0.15) is 0 Å². The highest BCUT2D eigenvalue weighted by atomic mass is 32.2. The molecule has 0 aromatic heterocycles. The van der Waals surface area contributed by atoms with Crippen molar-refractivity contribution in [3.8, 4) is 0 Å². The van der Waals surface area contributed by atoms with Gasteiger partial charge in [-0.25, -0.2) is 0 Å². The lowest BCUT2D eigenvalue weighted by molar-refractivity contribution is 0.430. The Morgan fingerprint density at radius 1 is 1.50 bits per heavy atom. The summed E-state index contributed by atoms with van der Waals surface area (Å²) in [5.74, 6) is 1.13. The Balaban J connectivity index is 1.97. The second-order valence-corrected chi connectivity index (χ2v) is 3.25. The first-order valence-electron chi connectivity index (χ1n) is 3.66. The van der Waals surface area contributed by atoms with Gasteiger partial charge in [0, 0.05) is 12.7 Å². The van der Waals surface area contributed by atoms with Gasteiger partial charge in [0.15, 0.2) is 0 Å². The van der Waals surface area contributed by atoms with Gasteiger partial charge < -0.3 is 10.6 Å². The highest BCUT2D eigenvalue weighted by Crippen LogP contribution is 2.14.